The molecule has 0 aliphatic heterocycles. The summed E-state index contributed by atoms with van der Waals surface area (Å²) in [6.07, 6.45) is 3.85. The molecule has 0 aliphatic rings. The number of aryl methyl sites for hydroxylation is 1. The number of nitrogens with zero attached hydrogens (tertiary/aromatic N) is 2. The van der Waals surface area contributed by atoms with E-state index < -0.39 is 0 Å². The van der Waals surface area contributed by atoms with Gasteiger partial charge in [-0.05, 0) is 18.6 Å². The number of carbonyl (C=O) groups excluding carboxylic acids is 1. The molecule has 108 valence electrons. The second-order valence-corrected chi connectivity index (χ2v) is 5.24. The predicted octanol–water partition coefficient (Wildman–Crippen LogP) is 2.40. The molecule has 0 bridgehead atoms. The second-order valence-electron chi connectivity index (χ2n) is 5.24. The number of para-hydroxylation sites is 1. The highest BCUT2D eigenvalue weighted by Crippen LogP contribution is 2.22. The summed E-state index contributed by atoms with van der Waals surface area (Å²) in [6, 6.07) is 8.07. The Bertz CT molecular complexity index is 758. The van der Waals surface area contributed by atoms with Crippen molar-refractivity contribution in [2.45, 2.75) is 19.9 Å². The van der Waals surface area contributed by atoms with Gasteiger partial charge in [-0.2, -0.15) is 0 Å². The third-order valence-electron chi connectivity index (χ3n) is 3.72. The molecule has 2 heterocycles. The molecule has 5 heteroatoms. The van der Waals surface area contributed by atoms with Crippen LogP contribution in [0.15, 0.2) is 36.7 Å². The third kappa shape index (κ3) is 2.67. The number of aromatic nitrogens is 3. The van der Waals surface area contributed by atoms with E-state index in [4.69, 9.17) is 0 Å². The standard InChI is InChI=1S/C16H18N4O/c1-11-13(12-5-3-4-6-14(12)19-11)9-16(21)20(2)10-15-17-7-8-18-15/h3-8,19H,9-10H2,1-2H3,(H,17,18). The fourth-order valence-corrected chi connectivity index (χ4v) is 2.55. The van der Waals surface area contributed by atoms with Crippen LogP contribution >= 0.6 is 0 Å². The van der Waals surface area contributed by atoms with E-state index in [2.05, 4.69) is 15.0 Å². The van der Waals surface area contributed by atoms with Crippen molar-refractivity contribution in [2.24, 2.45) is 0 Å². The van der Waals surface area contributed by atoms with Crippen molar-refractivity contribution in [1.29, 1.82) is 0 Å². The SMILES string of the molecule is Cc1[nH]c2ccccc2c1CC(=O)N(C)Cc1ncc[nH]1. The van der Waals surface area contributed by atoms with Crippen molar-refractivity contribution in [3.8, 4) is 0 Å². The largest absolute Gasteiger partial charge is 0.358 e. The van der Waals surface area contributed by atoms with Gasteiger partial charge in [0.05, 0.1) is 13.0 Å². The van der Waals surface area contributed by atoms with Crippen LogP contribution in [0.5, 0.6) is 0 Å². The highest BCUT2D eigenvalue weighted by Gasteiger charge is 2.16. The molecule has 0 fully saturated rings. The fourth-order valence-electron chi connectivity index (χ4n) is 2.55. The van der Waals surface area contributed by atoms with E-state index in [1.807, 2.05) is 31.2 Å². The molecule has 0 radical (unpaired) electrons. The molecule has 3 rings (SSSR count). The Labute approximate surface area is 123 Å². The maximum absolute atomic E-state index is 12.4. The van der Waals surface area contributed by atoms with Crippen molar-refractivity contribution >= 4 is 16.8 Å². The molecule has 21 heavy (non-hydrogen) atoms. The summed E-state index contributed by atoms with van der Waals surface area (Å²) in [6.45, 7) is 2.50. The predicted molar refractivity (Wildman–Crippen MR) is 81.8 cm³/mol. The number of rotatable bonds is 4. The van der Waals surface area contributed by atoms with Gasteiger partial charge in [-0.15, -0.1) is 0 Å². The fraction of sp³-hybridized carbons (Fsp3) is 0.250. The Morgan fingerprint density at radius 1 is 1.33 bits per heavy atom. The van der Waals surface area contributed by atoms with E-state index in [9.17, 15) is 4.79 Å². The summed E-state index contributed by atoms with van der Waals surface area (Å²) < 4.78 is 0. The maximum atomic E-state index is 12.4. The zero-order valence-corrected chi connectivity index (χ0v) is 12.2. The summed E-state index contributed by atoms with van der Waals surface area (Å²) in [4.78, 5) is 24.6. The van der Waals surface area contributed by atoms with Crippen molar-refractivity contribution < 1.29 is 4.79 Å². The molecule has 1 amide bonds. The number of benzene rings is 1. The van der Waals surface area contributed by atoms with Gasteiger partial charge >= 0.3 is 0 Å². The van der Waals surface area contributed by atoms with Crippen LogP contribution in [0.25, 0.3) is 10.9 Å². The Hall–Kier alpha value is -2.56. The van der Waals surface area contributed by atoms with Gasteiger partial charge in [-0.3, -0.25) is 4.79 Å². The third-order valence-corrected chi connectivity index (χ3v) is 3.72. The number of hydrogen-bond donors (Lipinski definition) is 2. The Balaban J connectivity index is 1.78. The lowest BCUT2D eigenvalue weighted by Gasteiger charge is -2.15. The monoisotopic (exact) mass is 282 g/mol. The molecule has 3 aromatic rings. The van der Waals surface area contributed by atoms with E-state index in [1.54, 1.807) is 24.3 Å². The quantitative estimate of drug-likeness (QED) is 0.771. The van der Waals surface area contributed by atoms with Crippen LogP contribution in [0.3, 0.4) is 0 Å². The van der Waals surface area contributed by atoms with Crippen molar-refractivity contribution in [2.75, 3.05) is 7.05 Å². The van der Waals surface area contributed by atoms with E-state index in [1.165, 1.54) is 0 Å². The average Bonchev–Trinajstić information content (AvgIpc) is 3.07. The summed E-state index contributed by atoms with van der Waals surface area (Å²) in [5.74, 6) is 0.876. The van der Waals surface area contributed by atoms with Gasteiger partial charge in [-0.25, -0.2) is 4.98 Å². The highest BCUT2D eigenvalue weighted by atomic mass is 16.2. The molecule has 0 aliphatic carbocycles. The lowest BCUT2D eigenvalue weighted by Crippen LogP contribution is -2.28. The minimum atomic E-state index is 0.0826. The molecule has 0 unspecified atom stereocenters. The normalized spacial score (nSPS) is 11.0. The summed E-state index contributed by atoms with van der Waals surface area (Å²) in [5.41, 5.74) is 3.20. The number of amides is 1. The van der Waals surface area contributed by atoms with Crippen LogP contribution in [0.4, 0.5) is 0 Å². The van der Waals surface area contributed by atoms with Gasteiger partial charge in [0.2, 0.25) is 5.91 Å². The number of imidazole rings is 1. The van der Waals surface area contributed by atoms with Crippen LogP contribution < -0.4 is 0 Å². The number of fused-ring (bicyclic) bond motifs is 1. The Morgan fingerprint density at radius 2 is 2.14 bits per heavy atom. The number of likely N-dealkylation sites (N-methyl/N-ethyl adjacent to an activating group) is 1. The first kappa shape index (κ1) is 13.4. The zero-order chi connectivity index (χ0) is 14.8. The summed E-state index contributed by atoms with van der Waals surface area (Å²) in [5, 5.41) is 1.12. The molecule has 2 aromatic heterocycles. The van der Waals surface area contributed by atoms with Crippen molar-refractivity contribution in [1.82, 2.24) is 19.9 Å². The van der Waals surface area contributed by atoms with Crippen molar-refractivity contribution in [3.05, 3.63) is 53.7 Å². The first-order valence-electron chi connectivity index (χ1n) is 6.93. The second kappa shape index (κ2) is 5.44. The topological polar surface area (TPSA) is 64.8 Å². The smallest absolute Gasteiger partial charge is 0.227 e. The number of aromatic amines is 2. The van der Waals surface area contributed by atoms with E-state index in [-0.39, 0.29) is 5.91 Å². The molecule has 0 saturated carbocycles. The Morgan fingerprint density at radius 3 is 2.90 bits per heavy atom. The molecular weight excluding hydrogens is 264 g/mol. The molecular formula is C16H18N4O. The van der Waals surface area contributed by atoms with Gasteiger partial charge in [0.15, 0.2) is 0 Å². The van der Waals surface area contributed by atoms with E-state index >= 15 is 0 Å². The van der Waals surface area contributed by atoms with Crippen LogP contribution in [-0.2, 0) is 17.8 Å². The molecule has 1 aromatic carbocycles. The Kier molecular flexibility index (Phi) is 3.48. The van der Waals surface area contributed by atoms with Crippen LogP contribution in [0.2, 0.25) is 0 Å². The molecule has 2 N–H and O–H groups in total. The van der Waals surface area contributed by atoms with Gasteiger partial charge in [-0.1, -0.05) is 18.2 Å². The van der Waals surface area contributed by atoms with Crippen LogP contribution in [0, 0.1) is 6.92 Å². The summed E-state index contributed by atoms with van der Waals surface area (Å²) >= 11 is 0. The number of hydrogen-bond acceptors (Lipinski definition) is 2. The number of nitrogens with one attached hydrogen (secondary N) is 2. The first-order chi connectivity index (χ1) is 10.1. The van der Waals surface area contributed by atoms with Gasteiger partial charge in [0.1, 0.15) is 5.82 Å². The lowest BCUT2D eigenvalue weighted by atomic mass is 10.1. The molecule has 5 nitrogen and oxygen atoms in total. The first-order valence-corrected chi connectivity index (χ1v) is 6.93. The molecule has 0 atom stereocenters. The number of carbonyl (C=O) groups is 1. The number of H-pyrrole nitrogens is 2. The molecule has 0 saturated heterocycles. The minimum Gasteiger partial charge on any atom is -0.358 e. The highest BCUT2D eigenvalue weighted by molar-refractivity contribution is 5.90. The maximum Gasteiger partial charge on any atom is 0.227 e. The van der Waals surface area contributed by atoms with Crippen LogP contribution in [0.1, 0.15) is 17.1 Å². The van der Waals surface area contributed by atoms with Gasteiger partial charge < -0.3 is 14.9 Å². The zero-order valence-electron chi connectivity index (χ0n) is 12.2. The van der Waals surface area contributed by atoms with E-state index in [0.29, 0.717) is 13.0 Å². The van der Waals surface area contributed by atoms with Gasteiger partial charge in [0, 0.05) is 36.0 Å². The average molecular weight is 282 g/mol. The van der Waals surface area contributed by atoms with Gasteiger partial charge in [0.25, 0.3) is 0 Å². The summed E-state index contributed by atoms with van der Waals surface area (Å²) in [7, 11) is 1.80. The molecule has 0 spiro atoms. The minimum absolute atomic E-state index is 0.0826. The van der Waals surface area contributed by atoms with Crippen LogP contribution in [-0.4, -0.2) is 32.8 Å². The van der Waals surface area contributed by atoms with Crippen molar-refractivity contribution in [3.63, 3.8) is 0 Å². The van der Waals surface area contributed by atoms with E-state index in [0.717, 1.165) is 28.0 Å². The lowest BCUT2D eigenvalue weighted by molar-refractivity contribution is -0.129.